The van der Waals surface area contributed by atoms with Crippen molar-refractivity contribution in [2.75, 3.05) is 13.2 Å². The van der Waals surface area contributed by atoms with Gasteiger partial charge in [-0.25, -0.2) is 0 Å². The number of aromatic nitrogens is 2. The summed E-state index contributed by atoms with van der Waals surface area (Å²) in [5, 5.41) is 15.4. The summed E-state index contributed by atoms with van der Waals surface area (Å²) in [6, 6.07) is -0.486. The molecule has 7 nitrogen and oxygen atoms in total. The fraction of sp³-hybridized carbons (Fsp3) is 0.500. The Morgan fingerprint density at radius 2 is 2.35 bits per heavy atom. The molecule has 1 aromatic rings. The number of carbonyl (C=O) groups is 2. The Balaban J connectivity index is 2.01. The maximum Gasteiger partial charge on any atom is 0.311 e. The topological polar surface area (TPSA) is 93.5 Å². The SMILES string of the molecule is Cn1cc(C(=O)NC2COCC2C(=O)O)cn1. The Bertz CT molecular complexity index is 443. The highest BCUT2D eigenvalue weighted by molar-refractivity contribution is 5.94. The van der Waals surface area contributed by atoms with Gasteiger partial charge in [-0.2, -0.15) is 5.10 Å². The van der Waals surface area contributed by atoms with Crippen molar-refractivity contribution in [3.05, 3.63) is 18.0 Å². The summed E-state index contributed by atoms with van der Waals surface area (Å²) < 4.78 is 6.57. The highest BCUT2D eigenvalue weighted by Crippen LogP contribution is 2.14. The zero-order chi connectivity index (χ0) is 12.4. The highest BCUT2D eigenvalue weighted by atomic mass is 16.5. The van der Waals surface area contributed by atoms with E-state index in [0.29, 0.717) is 5.56 Å². The zero-order valence-corrected chi connectivity index (χ0v) is 9.29. The maximum atomic E-state index is 11.8. The first kappa shape index (κ1) is 11.6. The van der Waals surface area contributed by atoms with Crippen molar-refractivity contribution >= 4 is 11.9 Å². The average molecular weight is 239 g/mol. The quantitative estimate of drug-likeness (QED) is 0.723. The van der Waals surface area contributed by atoms with Gasteiger partial charge in [-0.05, 0) is 0 Å². The largest absolute Gasteiger partial charge is 0.481 e. The number of hydrogen-bond donors (Lipinski definition) is 2. The van der Waals surface area contributed by atoms with E-state index in [1.165, 1.54) is 10.9 Å². The third-order valence-electron chi connectivity index (χ3n) is 2.68. The molecule has 1 aliphatic rings. The average Bonchev–Trinajstić information content (AvgIpc) is 2.86. The van der Waals surface area contributed by atoms with Crippen LogP contribution in [-0.4, -0.2) is 46.0 Å². The van der Waals surface area contributed by atoms with Gasteiger partial charge in [-0.1, -0.05) is 0 Å². The van der Waals surface area contributed by atoms with Gasteiger partial charge in [0.2, 0.25) is 0 Å². The Kier molecular flexibility index (Phi) is 3.10. The van der Waals surface area contributed by atoms with E-state index < -0.39 is 17.9 Å². The number of hydrogen-bond acceptors (Lipinski definition) is 4. The molecule has 2 atom stereocenters. The highest BCUT2D eigenvalue weighted by Gasteiger charge is 2.35. The number of nitrogens with zero attached hydrogens (tertiary/aromatic N) is 2. The van der Waals surface area contributed by atoms with Crippen molar-refractivity contribution in [3.63, 3.8) is 0 Å². The molecule has 1 aromatic heterocycles. The van der Waals surface area contributed by atoms with Crippen molar-refractivity contribution in [1.82, 2.24) is 15.1 Å². The molecule has 92 valence electrons. The van der Waals surface area contributed by atoms with E-state index in [1.54, 1.807) is 13.2 Å². The first-order chi connectivity index (χ1) is 8.08. The van der Waals surface area contributed by atoms with E-state index in [2.05, 4.69) is 10.4 Å². The van der Waals surface area contributed by atoms with Crippen molar-refractivity contribution in [1.29, 1.82) is 0 Å². The van der Waals surface area contributed by atoms with Gasteiger partial charge < -0.3 is 15.2 Å². The molecular weight excluding hydrogens is 226 g/mol. The minimum Gasteiger partial charge on any atom is -0.481 e. The fourth-order valence-corrected chi connectivity index (χ4v) is 1.73. The van der Waals surface area contributed by atoms with Gasteiger partial charge in [0.25, 0.3) is 5.91 Å². The van der Waals surface area contributed by atoms with E-state index in [-0.39, 0.29) is 19.1 Å². The molecule has 1 fully saturated rings. The van der Waals surface area contributed by atoms with E-state index >= 15 is 0 Å². The number of aryl methyl sites for hydroxylation is 1. The van der Waals surface area contributed by atoms with Crippen LogP contribution < -0.4 is 5.32 Å². The number of amides is 1. The fourth-order valence-electron chi connectivity index (χ4n) is 1.73. The van der Waals surface area contributed by atoms with Crippen LogP contribution >= 0.6 is 0 Å². The van der Waals surface area contributed by atoms with Gasteiger partial charge >= 0.3 is 5.97 Å². The van der Waals surface area contributed by atoms with Crippen molar-refractivity contribution in [2.45, 2.75) is 6.04 Å². The molecule has 0 bridgehead atoms. The Morgan fingerprint density at radius 1 is 1.59 bits per heavy atom. The summed E-state index contributed by atoms with van der Waals surface area (Å²) in [6.45, 7) is 0.357. The minimum absolute atomic E-state index is 0.132. The lowest BCUT2D eigenvalue weighted by molar-refractivity contribution is -0.142. The molecule has 2 heterocycles. The molecule has 0 radical (unpaired) electrons. The Labute approximate surface area is 97.4 Å². The van der Waals surface area contributed by atoms with Crippen LogP contribution in [0.25, 0.3) is 0 Å². The van der Waals surface area contributed by atoms with Crippen LogP contribution in [0, 0.1) is 5.92 Å². The van der Waals surface area contributed by atoms with E-state index in [1.807, 2.05) is 0 Å². The van der Waals surface area contributed by atoms with Gasteiger partial charge in [0.1, 0.15) is 5.92 Å². The van der Waals surface area contributed by atoms with Crippen LogP contribution in [0.3, 0.4) is 0 Å². The molecule has 0 spiro atoms. The monoisotopic (exact) mass is 239 g/mol. The summed E-state index contributed by atoms with van der Waals surface area (Å²) >= 11 is 0. The number of ether oxygens (including phenoxy) is 1. The Hall–Kier alpha value is -1.89. The predicted molar refractivity (Wildman–Crippen MR) is 56.4 cm³/mol. The maximum absolute atomic E-state index is 11.8. The smallest absolute Gasteiger partial charge is 0.311 e. The second-order valence-corrected chi connectivity index (χ2v) is 3.96. The third kappa shape index (κ3) is 2.44. The molecule has 0 aliphatic carbocycles. The lowest BCUT2D eigenvalue weighted by Crippen LogP contribution is -2.42. The summed E-state index contributed by atoms with van der Waals surface area (Å²) in [5.74, 6) is -1.98. The molecule has 1 aliphatic heterocycles. The predicted octanol–water partition coefficient (Wildman–Crippen LogP) is -0.750. The Morgan fingerprint density at radius 3 is 2.94 bits per heavy atom. The van der Waals surface area contributed by atoms with Crippen molar-refractivity contribution in [3.8, 4) is 0 Å². The summed E-state index contributed by atoms with van der Waals surface area (Å²) in [4.78, 5) is 22.7. The lowest BCUT2D eigenvalue weighted by atomic mass is 10.0. The van der Waals surface area contributed by atoms with Gasteiger partial charge in [0.15, 0.2) is 0 Å². The molecule has 2 unspecified atom stereocenters. The number of carboxylic acids is 1. The second-order valence-electron chi connectivity index (χ2n) is 3.96. The minimum atomic E-state index is -0.959. The normalized spacial score (nSPS) is 23.6. The van der Waals surface area contributed by atoms with E-state index in [9.17, 15) is 9.59 Å². The van der Waals surface area contributed by atoms with Crippen LogP contribution in [0.1, 0.15) is 10.4 Å². The van der Waals surface area contributed by atoms with Gasteiger partial charge in [-0.15, -0.1) is 0 Å². The molecule has 1 saturated heterocycles. The second kappa shape index (κ2) is 4.54. The molecule has 2 rings (SSSR count). The number of rotatable bonds is 3. The molecular formula is C10H13N3O4. The molecule has 2 N–H and O–H groups in total. The summed E-state index contributed by atoms with van der Waals surface area (Å²) in [5.41, 5.74) is 0.406. The number of carbonyl (C=O) groups excluding carboxylic acids is 1. The first-order valence-corrected chi connectivity index (χ1v) is 5.18. The number of aliphatic carboxylic acids is 1. The lowest BCUT2D eigenvalue weighted by Gasteiger charge is -2.14. The summed E-state index contributed by atoms with van der Waals surface area (Å²) in [7, 11) is 1.70. The van der Waals surface area contributed by atoms with Crippen molar-refractivity contribution < 1.29 is 19.4 Å². The molecule has 0 aromatic carbocycles. The van der Waals surface area contributed by atoms with E-state index in [0.717, 1.165) is 0 Å². The first-order valence-electron chi connectivity index (χ1n) is 5.18. The van der Waals surface area contributed by atoms with Gasteiger partial charge in [-0.3, -0.25) is 14.3 Å². The molecule has 0 saturated carbocycles. The van der Waals surface area contributed by atoms with Crippen molar-refractivity contribution in [2.24, 2.45) is 13.0 Å². The molecule has 7 heteroatoms. The zero-order valence-electron chi connectivity index (χ0n) is 9.29. The molecule has 17 heavy (non-hydrogen) atoms. The van der Waals surface area contributed by atoms with Gasteiger partial charge in [0, 0.05) is 13.2 Å². The standard InChI is InChI=1S/C10H13N3O4/c1-13-3-6(2-11-13)9(14)12-8-5-17-4-7(8)10(15)16/h2-3,7-8H,4-5H2,1H3,(H,12,14)(H,15,16). The van der Waals surface area contributed by atoms with Crippen LogP contribution in [0.4, 0.5) is 0 Å². The molecule has 1 amide bonds. The number of nitrogens with one attached hydrogen (secondary N) is 1. The van der Waals surface area contributed by atoms with Gasteiger partial charge in [0.05, 0.1) is 31.0 Å². The van der Waals surface area contributed by atoms with Crippen LogP contribution in [0.2, 0.25) is 0 Å². The van der Waals surface area contributed by atoms with Crippen LogP contribution in [-0.2, 0) is 16.6 Å². The van der Waals surface area contributed by atoms with Crippen LogP contribution in [0.5, 0.6) is 0 Å². The van der Waals surface area contributed by atoms with E-state index in [4.69, 9.17) is 9.84 Å². The van der Waals surface area contributed by atoms with Crippen LogP contribution in [0.15, 0.2) is 12.4 Å². The summed E-state index contributed by atoms with van der Waals surface area (Å²) in [6.07, 6.45) is 3.00. The number of carboxylic acid groups (broad SMARTS) is 1. The third-order valence-corrected chi connectivity index (χ3v) is 2.68.